The Labute approximate surface area is 142 Å². The number of nitrogens with zero attached hydrogens (tertiary/aromatic N) is 5. The second-order valence-electron chi connectivity index (χ2n) is 6.76. The van der Waals surface area contributed by atoms with E-state index in [2.05, 4.69) is 20.7 Å². The van der Waals surface area contributed by atoms with Crippen LogP contribution in [0.2, 0.25) is 0 Å². The molecule has 1 amide bonds. The first-order valence-corrected chi connectivity index (χ1v) is 8.89. The molecule has 2 heterocycles. The Kier molecular flexibility index (Phi) is 5.61. The molecule has 24 heavy (non-hydrogen) atoms. The van der Waals surface area contributed by atoms with E-state index in [9.17, 15) is 4.79 Å². The van der Waals surface area contributed by atoms with Crippen LogP contribution in [0.15, 0.2) is 24.7 Å². The summed E-state index contributed by atoms with van der Waals surface area (Å²) in [4.78, 5) is 12.3. The lowest BCUT2D eigenvalue weighted by atomic mass is 9.89. The SMILES string of the molecule is C[C@@H](CCn1cccn1)NC(=O)c1cn(CC2CCCCC2)nn1. The number of aryl methyl sites for hydroxylation is 1. The van der Waals surface area contributed by atoms with Gasteiger partial charge in [0.15, 0.2) is 5.69 Å². The van der Waals surface area contributed by atoms with Gasteiger partial charge in [-0.3, -0.25) is 14.2 Å². The molecule has 0 aromatic carbocycles. The van der Waals surface area contributed by atoms with E-state index in [-0.39, 0.29) is 11.9 Å². The van der Waals surface area contributed by atoms with Crippen LogP contribution in [0.5, 0.6) is 0 Å². The normalized spacial score (nSPS) is 16.9. The highest BCUT2D eigenvalue weighted by Gasteiger charge is 2.17. The molecule has 1 aliphatic carbocycles. The lowest BCUT2D eigenvalue weighted by molar-refractivity contribution is 0.0932. The fraction of sp³-hybridized carbons (Fsp3) is 0.647. The summed E-state index contributed by atoms with van der Waals surface area (Å²) < 4.78 is 3.68. The molecule has 7 heteroatoms. The summed E-state index contributed by atoms with van der Waals surface area (Å²) in [5, 5.41) is 15.3. The number of nitrogens with one attached hydrogen (secondary N) is 1. The van der Waals surface area contributed by atoms with Crippen molar-refractivity contribution in [2.24, 2.45) is 5.92 Å². The van der Waals surface area contributed by atoms with Gasteiger partial charge < -0.3 is 5.32 Å². The second kappa shape index (κ2) is 8.08. The summed E-state index contributed by atoms with van der Waals surface area (Å²) in [6, 6.07) is 1.96. The summed E-state index contributed by atoms with van der Waals surface area (Å²) in [5.41, 5.74) is 0.400. The van der Waals surface area contributed by atoms with Crippen molar-refractivity contribution in [3.63, 3.8) is 0 Å². The summed E-state index contributed by atoms with van der Waals surface area (Å²) in [7, 11) is 0. The van der Waals surface area contributed by atoms with E-state index in [1.807, 2.05) is 28.6 Å². The highest BCUT2D eigenvalue weighted by atomic mass is 16.2. The molecule has 1 fully saturated rings. The zero-order valence-electron chi connectivity index (χ0n) is 14.3. The summed E-state index contributed by atoms with van der Waals surface area (Å²) in [6.07, 6.45) is 12.7. The first-order chi connectivity index (χ1) is 11.7. The monoisotopic (exact) mass is 330 g/mol. The third-order valence-corrected chi connectivity index (χ3v) is 4.67. The van der Waals surface area contributed by atoms with Crippen LogP contribution in [0.4, 0.5) is 0 Å². The zero-order valence-corrected chi connectivity index (χ0v) is 14.3. The summed E-state index contributed by atoms with van der Waals surface area (Å²) in [6.45, 7) is 3.64. The molecule has 130 valence electrons. The molecule has 0 bridgehead atoms. The molecule has 1 aliphatic rings. The van der Waals surface area contributed by atoms with Crippen molar-refractivity contribution in [1.82, 2.24) is 30.1 Å². The minimum Gasteiger partial charge on any atom is -0.348 e. The first-order valence-electron chi connectivity index (χ1n) is 8.89. The number of carbonyl (C=O) groups is 1. The molecule has 0 saturated heterocycles. The van der Waals surface area contributed by atoms with Gasteiger partial charge in [0.2, 0.25) is 0 Å². The van der Waals surface area contributed by atoms with Gasteiger partial charge in [0.1, 0.15) is 0 Å². The van der Waals surface area contributed by atoms with Crippen LogP contribution in [0.3, 0.4) is 0 Å². The molecule has 0 aliphatic heterocycles. The van der Waals surface area contributed by atoms with Crippen molar-refractivity contribution in [2.75, 3.05) is 0 Å². The van der Waals surface area contributed by atoms with E-state index in [0.717, 1.165) is 19.5 Å². The minimum absolute atomic E-state index is 0.0604. The first kappa shape index (κ1) is 16.7. The van der Waals surface area contributed by atoms with E-state index in [0.29, 0.717) is 11.6 Å². The van der Waals surface area contributed by atoms with Gasteiger partial charge in [-0.1, -0.05) is 24.5 Å². The van der Waals surface area contributed by atoms with Crippen LogP contribution in [-0.2, 0) is 13.1 Å². The van der Waals surface area contributed by atoms with Crippen LogP contribution >= 0.6 is 0 Å². The fourth-order valence-corrected chi connectivity index (χ4v) is 3.25. The lowest BCUT2D eigenvalue weighted by Crippen LogP contribution is -2.33. The van der Waals surface area contributed by atoms with Gasteiger partial charge in [-0.2, -0.15) is 5.10 Å². The van der Waals surface area contributed by atoms with Crippen molar-refractivity contribution < 1.29 is 4.79 Å². The number of rotatable bonds is 7. The average Bonchev–Trinajstić information content (AvgIpc) is 3.25. The van der Waals surface area contributed by atoms with E-state index >= 15 is 0 Å². The number of hydrogen-bond acceptors (Lipinski definition) is 4. The van der Waals surface area contributed by atoms with Gasteiger partial charge >= 0.3 is 0 Å². The molecule has 7 nitrogen and oxygen atoms in total. The van der Waals surface area contributed by atoms with E-state index in [1.54, 1.807) is 12.4 Å². The number of aromatic nitrogens is 5. The Morgan fingerprint density at radius 3 is 2.92 bits per heavy atom. The lowest BCUT2D eigenvalue weighted by Gasteiger charge is -2.20. The van der Waals surface area contributed by atoms with Crippen molar-refractivity contribution in [3.05, 3.63) is 30.4 Å². The fourth-order valence-electron chi connectivity index (χ4n) is 3.25. The maximum absolute atomic E-state index is 12.3. The number of hydrogen-bond donors (Lipinski definition) is 1. The van der Waals surface area contributed by atoms with Gasteiger partial charge in [-0.15, -0.1) is 5.10 Å². The van der Waals surface area contributed by atoms with Gasteiger partial charge in [0.25, 0.3) is 5.91 Å². The van der Waals surface area contributed by atoms with Gasteiger partial charge in [0, 0.05) is 31.5 Å². The molecule has 0 unspecified atom stereocenters. The topological polar surface area (TPSA) is 77.6 Å². The Bertz CT molecular complexity index is 629. The Morgan fingerprint density at radius 1 is 1.33 bits per heavy atom. The predicted octanol–water partition coefficient (Wildman–Crippen LogP) is 2.26. The van der Waals surface area contributed by atoms with Crippen LogP contribution in [0.25, 0.3) is 0 Å². The summed E-state index contributed by atoms with van der Waals surface area (Å²) in [5.74, 6) is 0.516. The van der Waals surface area contributed by atoms with Crippen molar-refractivity contribution in [3.8, 4) is 0 Å². The Balaban J connectivity index is 1.46. The van der Waals surface area contributed by atoms with Crippen LogP contribution in [0, 0.1) is 5.92 Å². The van der Waals surface area contributed by atoms with Crippen molar-refractivity contribution in [2.45, 2.75) is 64.6 Å². The molecule has 0 radical (unpaired) electrons. The predicted molar refractivity (Wildman–Crippen MR) is 90.4 cm³/mol. The smallest absolute Gasteiger partial charge is 0.273 e. The largest absolute Gasteiger partial charge is 0.348 e. The Morgan fingerprint density at radius 2 is 2.17 bits per heavy atom. The van der Waals surface area contributed by atoms with E-state index < -0.39 is 0 Å². The summed E-state index contributed by atoms with van der Waals surface area (Å²) >= 11 is 0. The van der Waals surface area contributed by atoms with Gasteiger partial charge in [-0.05, 0) is 38.2 Å². The van der Waals surface area contributed by atoms with Crippen LogP contribution < -0.4 is 5.32 Å². The number of carbonyl (C=O) groups excluding carboxylic acids is 1. The molecule has 3 rings (SSSR count). The molecule has 0 spiro atoms. The van der Waals surface area contributed by atoms with E-state index in [1.165, 1.54) is 32.1 Å². The number of amides is 1. The third kappa shape index (κ3) is 4.66. The quantitative estimate of drug-likeness (QED) is 0.845. The van der Waals surface area contributed by atoms with Crippen LogP contribution in [-0.4, -0.2) is 36.7 Å². The van der Waals surface area contributed by atoms with Gasteiger partial charge in [0.05, 0.1) is 6.20 Å². The molecular formula is C17H26N6O. The molecule has 1 atom stereocenters. The molecule has 1 N–H and O–H groups in total. The highest BCUT2D eigenvalue weighted by Crippen LogP contribution is 2.24. The second-order valence-corrected chi connectivity index (χ2v) is 6.76. The molecular weight excluding hydrogens is 304 g/mol. The average molecular weight is 330 g/mol. The maximum Gasteiger partial charge on any atom is 0.273 e. The standard InChI is InChI=1S/C17H26N6O/c1-14(8-11-22-10-5-9-18-22)19-17(24)16-13-23(21-20-16)12-15-6-3-2-4-7-15/h5,9-10,13-15H,2-4,6-8,11-12H2,1H3,(H,19,24)/t14-/m0/s1. The van der Waals surface area contributed by atoms with Crippen molar-refractivity contribution in [1.29, 1.82) is 0 Å². The Hall–Kier alpha value is -2.18. The molecule has 1 saturated carbocycles. The van der Waals surface area contributed by atoms with Gasteiger partial charge in [-0.25, -0.2) is 0 Å². The third-order valence-electron chi connectivity index (χ3n) is 4.67. The maximum atomic E-state index is 12.3. The molecule has 2 aromatic heterocycles. The minimum atomic E-state index is -0.155. The van der Waals surface area contributed by atoms with Crippen molar-refractivity contribution >= 4 is 5.91 Å². The molecule has 2 aromatic rings. The highest BCUT2D eigenvalue weighted by molar-refractivity contribution is 5.92. The zero-order chi connectivity index (χ0) is 16.8. The van der Waals surface area contributed by atoms with E-state index in [4.69, 9.17) is 0 Å². The van der Waals surface area contributed by atoms with Crippen LogP contribution in [0.1, 0.15) is 55.9 Å².